The Labute approximate surface area is 232 Å². The van der Waals surface area contributed by atoms with E-state index in [4.69, 9.17) is 9.47 Å². The Balaban J connectivity index is 1.85. The number of benzene rings is 2. The van der Waals surface area contributed by atoms with Crippen molar-refractivity contribution in [2.75, 3.05) is 24.7 Å². The van der Waals surface area contributed by atoms with Gasteiger partial charge in [0.15, 0.2) is 0 Å². The summed E-state index contributed by atoms with van der Waals surface area (Å²) in [6.45, 7) is 1.05. The Kier molecular flexibility index (Phi) is 8.29. The number of nitrogens with zero attached hydrogens (tertiary/aromatic N) is 1. The van der Waals surface area contributed by atoms with Crippen molar-refractivity contribution in [1.29, 1.82) is 0 Å². The van der Waals surface area contributed by atoms with Gasteiger partial charge in [-0.05, 0) is 63.4 Å². The van der Waals surface area contributed by atoms with Crippen LogP contribution in [0.25, 0.3) is 0 Å². The Morgan fingerprint density at radius 1 is 1.10 bits per heavy atom. The van der Waals surface area contributed by atoms with E-state index in [-0.39, 0.29) is 25.1 Å². The van der Waals surface area contributed by atoms with Crippen LogP contribution in [0.3, 0.4) is 0 Å². The second-order valence-corrected chi connectivity index (χ2v) is 12.4. The first kappa shape index (κ1) is 30.9. The van der Waals surface area contributed by atoms with Crippen LogP contribution in [0.4, 0.5) is 42.1 Å². The molecule has 1 aliphatic carbocycles. The number of esters is 1. The summed E-state index contributed by atoms with van der Waals surface area (Å²) in [4.78, 5) is 12.5. The van der Waals surface area contributed by atoms with Crippen LogP contribution < -0.4 is 9.64 Å². The lowest BCUT2D eigenvalue weighted by molar-refractivity contribution is -0.151. The Hall–Kier alpha value is -3.03. The first-order valence-electron chi connectivity index (χ1n) is 12.8. The third kappa shape index (κ3) is 6.57. The number of carbonyl (C=O) groups excluding carboxylic acids is 1. The average molecular weight is 612 g/mol. The zero-order valence-corrected chi connectivity index (χ0v) is 22.9. The molecule has 14 heteroatoms. The molecule has 1 heterocycles. The average Bonchev–Trinajstić information content (AvgIpc) is 3.68. The molecule has 2 aliphatic rings. The Morgan fingerprint density at radius 3 is 2.27 bits per heavy atom. The van der Waals surface area contributed by atoms with Gasteiger partial charge in [0.05, 0.1) is 22.8 Å². The summed E-state index contributed by atoms with van der Waals surface area (Å²) in [5.41, 5.74) is -5.88. The van der Waals surface area contributed by atoms with E-state index >= 15 is 4.39 Å². The SMILES string of the molecule is CCOC(=O)C1(COc2cc3c(cc2C(F)(F)F)N(c2ccc(F)cc2)C[C@@H](CCC(C)(F)F)[C@@H](F)S3(=O)=O)CC1. The van der Waals surface area contributed by atoms with Gasteiger partial charge in [-0.3, -0.25) is 4.79 Å². The minimum absolute atomic E-state index is 0.0197. The number of carbonyl (C=O) groups is 1. The van der Waals surface area contributed by atoms with E-state index in [0.29, 0.717) is 19.1 Å². The van der Waals surface area contributed by atoms with Gasteiger partial charge in [-0.15, -0.1) is 0 Å². The van der Waals surface area contributed by atoms with E-state index < -0.39 is 98.4 Å². The van der Waals surface area contributed by atoms with Crippen molar-refractivity contribution in [3.05, 3.63) is 47.8 Å². The van der Waals surface area contributed by atoms with Gasteiger partial charge < -0.3 is 14.4 Å². The van der Waals surface area contributed by atoms with Gasteiger partial charge in [-0.2, -0.15) is 13.2 Å². The highest BCUT2D eigenvalue weighted by molar-refractivity contribution is 7.92. The molecule has 2 atom stereocenters. The summed E-state index contributed by atoms with van der Waals surface area (Å²) in [6.07, 6.45) is -5.99. The van der Waals surface area contributed by atoms with Gasteiger partial charge in [0.2, 0.25) is 21.3 Å². The van der Waals surface area contributed by atoms with Gasteiger partial charge in [0, 0.05) is 30.6 Å². The first-order chi connectivity index (χ1) is 19.0. The van der Waals surface area contributed by atoms with E-state index in [9.17, 15) is 39.6 Å². The lowest BCUT2D eigenvalue weighted by atomic mass is 10.00. The molecule has 0 unspecified atom stereocenters. The molecule has 0 radical (unpaired) electrons. The molecule has 2 aromatic carbocycles. The van der Waals surface area contributed by atoms with E-state index in [1.54, 1.807) is 6.92 Å². The fourth-order valence-electron chi connectivity index (χ4n) is 4.70. The summed E-state index contributed by atoms with van der Waals surface area (Å²) in [5, 5.41) is 0. The topological polar surface area (TPSA) is 72.9 Å². The summed E-state index contributed by atoms with van der Waals surface area (Å²) >= 11 is 0. The molecule has 1 fully saturated rings. The van der Waals surface area contributed by atoms with Crippen LogP contribution in [0, 0.1) is 17.2 Å². The molecule has 1 saturated carbocycles. The lowest BCUT2D eigenvalue weighted by Gasteiger charge is -2.29. The molecule has 41 heavy (non-hydrogen) atoms. The highest BCUT2D eigenvalue weighted by Crippen LogP contribution is 2.50. The van der Waals surface area contributed by atoms with Crippen molar-refractivity contribution >= 4 is 27.2 Å². The molecule has 0 spiro atoms. The Bertz CT molecular complexity index is 1390. The molecule has 6 nitrogen and oxygen atoms in total. The third-order valence-corrected chi connectivity index (χ3v) is 9.12. The fraction of sp³-hybridized carbons (Fsp3) is 0.519. The minimum atomic E-state index is -5.08. The van der Waals surface area contributed by atoms with Crippen LogP contribution in [0.2, 0.25) is 0 Å². The normalized spacial score (nSPS) is 21.5. The monoisotopic (exact) mass is 611 g/mol. The maximum Gasteiger partial charge on any atom is 0.420 e. The smallest absolute Gasteiger partial charge is 0.420 e. The molecule has 4 rings (SSSR count). The van der Waals surface area contributed by atoms with Gasteiger partial charge in [0.25, 0.3) is 0 Å². The quantitative estimate of drug-likeness (QED) is 0.229. The van der Waals surface area contributed by atoms with Crippen molar-refractivity contribution < 1.29 is 53.4 Å². The fourth-order valence-corrected chi connectivity index (χ4v) is 6.41. The zero-order valence-electron chi connectivity index (χ0n) is 22.1. The molecule has 0 aromatic heterocycles. The molecule has 0 saturated heterocycles. The lowest BCUT2D eigenvalue weighted by Crippen LogP contribution is -2.32. The van der Waals surface area contributed by atoms with Crippen LogP contribution in [0.15, 0.2) is 41.3 Å². The summed E-state index contributed by atoms with van der Waals surface area (Å²) in [7, 11) is -5.04. The van der Waals surface area contributed by atoms with Crippen LogP contribution in [0.5, 0.6) is 5.75 Å². The number of fused-ring (bicyclic) bond motifs is 1. The molecule has 0 amide bonds. The molecular weight excluding hydrogens is 583 g/mol. The number of hydrogen-bond acceptors (Lipinski definition) is 6. The number of ether oxygens (including phenoxy) is 2. The van der Waals surface area contributed by atoms with Crippen LogP contribution in [0.1, 0.15) is 45.1 Å². The van der Waals surface area contributed by atoms with Crippen molar-refractivity contribution in [3.8, 4) is 5.75 Å². The summed E-state index contributed by atoms with van der Waals surface area (Å²) < 4.78 is 137. The van der Waals surface area contributed by atoms with Crippen molar-refractivity contribution in [2.24, 2.45) is 11.3 Å². The highest BCUT2D eigenvalue weighted by atomic mass is 32.2. The second kappa shape index (κ2) is 11.0. The van der Waals surface area contributed by atoms with Crippen molar-refractivity contribution in [2.45, 2.75) is 62.0 Å². The van der Waals surface area contributed by atoms with Gasteiger partial charge in [0.1, 0.15) is 23.6 Å². The maximum atomic E-state index is 15.7. The number of halogens is 7. The predicted molar refractivity (Wildman–Crippen MR) is 134 cm³/mol. The number of alkyl halides is 6. The van der Waals surface area contributed by atoms with Crippen LogP contribution in [-0.4, -0.2) is 45.6 Å². The largest absolute Gasteiger partial charge is 0.492 e. The second-order valence-electron chi connectivity index (χ2n) is 10.5. The van der Waals surface area contributed by atoms with E-state index in [0.717, 1.165) is 29.2 Å². The van der Waals surface area contributed by atoms with Crippen LogP contribution >= 0.6 is 0 Å². The molecule has 0 N–H and O–H groups in total. The zero-order chi connectivity index (χ0) is 30.4. The minimum Gasteiger partial charge on any atom is -0.492 e. The molecule has 226 valence electrons. The molecule has 1 aliphatic heterocycles. The highest BCUT2D eigenvalue weighted by Gasteiger charge is 2.53. The van der Waals surface area contributed by atoms with E-state index in [1.165, 1.54) is 0 Å². The molecular formula is C27H28F7NO5S. The number of rotatable bonds is 9. The summed E-state index contributed by atoms with van der Waals surface area (Å²) in [5.74, 6) is -7.14. The van der Waals surface area contributed by atoms with Gasteiger partial charge >= 0.3 is 12.1 Å². The number of sulfone groups is 1. The van der Waals surface area contributed by atoms with Gasteiger partial charge in [-0.1, -0.05) is 0 Å². The van der Waals surface area contributed by atoms with Crippen LogP contribution in [-0.2, 0) is 25.5 Å². The standard InChI is InChI=1S/C27H28F7NO5S/c1-3-39-24(36)26(10-11-26)15-40-21-13-22-20(12-19(21)27(32,33)34)35(18-6-4-17(28)5-7-18)14-16(8-9-25(2,30)31)23(29)41(22,37)38/h4-7,12-13,16,23H,3,8-11,14-15H2,1-2H3/t16-,23+/m1/s1. The van der Waals surface area contributed by atoms with Crippen molar-refractivity contribution in [1.82, 2.24) is 0 Å². The number of anilines is 2. The third-order valence-electron chi connectivity index (χ3n) is 7.21. The first-order valence-corrected chi connectivity index (χ1v) is 14.4. The molecule has 2 aromatic rings. The van der Waals surface area contributed by atoms with Crippen molar-refractivity contribution in [3.63, 3.8) is 0 Å². The summed E-state index contributed by atoms with van der Waals surface area (Å²) in [6, 6.07) is 5.30. The van der Waals surface area contributed by atoms with Gasteiger partial charge in [-0.25, -0.2) is 26.0 Å². The Morgan fingerprint density at radius 2 is 1.73 bits per heavy atom. The van der Waals surface area contributed by atoms with E-state index in [2.05, 4.69) is 0 Å². The predicted octanol–water partition coefficient (Wildman–Crippen LogP) is 6.84. The molecule has 0 bridgehead atoms. The maximum absolute atomic E-state index is 15.7. The van der Waals surface area contributed by atoms with E-state index in [1.807, 2.05) is 0 Å². The number of hydrogen-bond donors (Lipinski definition) is 0.